The first kappa shape index (κ1) is 49.2. The fourth-order valence-corrected chi connectivity index (χ4v) is 9.22. The normalized spacial score (nSPS) is 26.0. The first-order chi connectivity index (χ1) is 26.3. The summed E-state index contributed by atoms with van der Waals surface area (Å²) in [6.45, 7) is -5.68. The number of aromatic nitrogens is 4. The largest absolute Gasteiger partial charge is 0.490 e. The number of imidazole rings is 1. The van der Waals surface area contributed by atoms with Crippen LogP contribution >= 0.6 is 31.3 Å². The lowest BCUT2D eigenvalue weighted by atomic mass is 10.0. The summed E-state index contributed by atoms with van der Waals surface area (Å²) in [6, 6.07) is 0. The van der Waals surface area contributed by atoms with Crippen LogP contribution in [0.1, 0.15) is 6.23 Å². The minimum absolute atomic E-state index is 0.0109. The number of hydrogen-bond donors (Lipinski definition) is 14. The number of Topliss-reactive ketones (excluding diaryl/α,β-unsaturated/α-hetero) is 1. The predicted molar refractivity (Wildman–Crippen MR) is 174 cm³/mol. The summed E-state index contributed by atoms with van der Waals surface area (Å²) in [6.07, 6.45) is -23.9. The first-order valence-corrected chi connectivity index (χ1v) is 21.2. The molecule has 3 rings (SSSR count). The molecule has 1 aliphatic rings. The lowest BCUT2D eigenvalue weighted by molar-refractivity contribution is -0.142. The summed E-state index contributed by atoms with van der Waals surface area (Å²) in [7, 11) is -24.7. The third kappa shape index (κ3) is 13.1. The molecule has 15 N–H and O–H groups in total. The van der Waals surface area contributed by atoms with Crippen molar-refractivity contribution in [3.8, 4) is 0 Å². The second kappa shape index (κ2) is 19.9. The Balaban J connectivity index is 1.92. The number of rotatable bonds is 24. The second-order valence-corrected chi connectivity index (χ2v) is 17.4. The number of phosphoric ester groups is 3. The zero-order valence-corrected chi connectivity index (χ0v) is 31.8. The van der Waals surface area contributed by atoms with Gasteiger partial charge >= 0.3 is 31.3 Å². The number of carbonyl (C=O) groups excluding carboxylic acids is 2. The number of ketones is 1. The summed E-state index contributed by atoms with van der Waals surface area (Å²) in [5, 5.41) is 88.3. The van der Waals surface area contributed by atoms with E-state index in [1.807, 2.05) is 0 Å². The highest BCUT2D eigenvalue weighted by Gasteiger charge is 2.51. The Labute approximate surface area is 316 Å². The fraction of sp³-hybridized carbons (Fsp3) is 0.682. The van der Waals surface area contributed by atoms with E-state index in [4.69, 9.17) is 24.6 Å². The monoisotopic (exact) mass is 911 g/mol. The highest BCUT2D eigenvalue weighted by molar-refractivity contribution is 7.67. The van der Waals surface area contributed by atoms with Crippen LogP contribution in [0.15, 0.2) is 12.7 Å². The van der Waals surface area contributed by atoms with E-state index < -0.39 is 137 Å². The van der Waals surface area contributed by atoms with Crippen LogP contribution in [0.4, 0.5) is 5.82 Å². The zero-order chi connectivity index (χ0) is 43.3. The molecule has 2 aromatic rings. The Hall–Kier alpha value is -2.19. The maximum Gasteiger partial charge on any atom is 0.490 e. The molecular formula is C22H37N5O26P4. The molecule has 57 heavy (non-hydrogen) atoms. The molecule has 0 spiro atoms. The van der Waals surface area contributed by atoms with Gasteiger partial charge in [0.15, 0.2) is 35.9 Å². The molecule has 31 nitrogen and oxygen atoms in total. The van der Waals surface area contributed by atoms with Gasteiger partial charge in [0.2, 0.25) is 0 Å². The van der Waals surface area contributed by atoms with Crippen LogP contribution in [0.3, 0.4) is 0 Å². The molecule has 3 heterocycles. The quantitative estimate of drug-likeness (QED) is 0.0344. The first-order valence-electron chi connectivity index (χ1n) is 15.2. The van der Waals surface area contributed by atoms with Crippen LogP contribution in [0, 0.1) is 0 Å². The van der Waals surface area contributed by atoms with Crippen molar-refractivity contribution in [2.75, 3.05) is 32.2 Å². The van der Waals surface area contributed by atoms with Crippen LogP contribution in [0.2, 0.25) is 0 Å². The molecule has 2 aromatic heterocycles. The maximum atomic E-state index is 13.9. The molecule has 326 valence electrons. The molecule has 0 amide bonds. The number of aliphatic hydroxyl groups excluding tert-OH is 9. The topological polar surface area (TPSA) is 500 Å². The molecule has 35 heteroatoms. The molecule has 1 aliphatic heterocycles. The van der Waals surface area contributed by atoms with Gasteiger partial charge in [0.1, 0.15) is 73.4 Å². The molecule has 0 saturated carbocycles. The van der Waals surface area contributed by atoms with Gasteiger partial charge in [0, 0.05) is 0 Å². The number of aldehydes is 1. The summed E-state index contributed by atoms with van der Waals surface area (Å²) in [5.41, 5.74) is 5.70. The van der Waals surface area contributed by atoms with E-state index in [2.05, 4.69) is 32.6 Å². The Bertz CT molecular complexity index is 1880. The lowest BCUT2D eigenvalue weighted by Crippen LogP contribution is -2.48. The summed E-state index contributed by atoms with van der Waals surface area (Å²) in [5.74, 6) is -1.80. The second-order valence-electron chi connectivity index (χ2n) is 11.4. The van der Waals surface area contributed by atoms with Gasteiger partial charge in [0.05, 0.1) is 26.1 Å². The summed E-state index contributed by atoms with van der Waals surface area (Å²) < 4.78 is 83.6. The van der Waals surface area contributed by atoms with Crippen molar-refractivity contribution >= 4 is 60.3 Å². The maximum absolute atomic E-state index is 13.9. The van der Waals surface area contributed by atoms with E-state index in [0.717, 1.165) is 17.2 Å². The number of phosphoric acid groups is 4. The van der Waals surface area contributed by atoms with Crippen molar-refractivity contribution in [3.63, 3.8) is 0 Å². The van der Waals surface area contributed by atoms with E-state index in [1.54, 1.807) is 0 Å². The van der Waals surface area contributed by atoms with Gasteiger partial charge < -0.3 is 80.8 Å². The van der Waals surface area contributed by atoms with Gasteiger partial charge in [0.25, 0.3) is 0 Å². The third-order valence-electron chi connectivity index (χ3n) is 7.30. The van der Waals surface area contributed by atoms with Gasteiger partial charge in [-0.25, -0.2) is 33.2 Å². The molecule has 0 aliphatic carbocycles. The van der Waals surface area contributed by atoms with Crippen LogP contribution in [-0.2, 0) is 59.3 Å². The van der Waals surface area contributed by atoms with E-state index in [0.29, 0.717) is 0 Å². The van der Waals surface area contributed by atoms with Crippen molar-refractivity contribution in [1.82, 2.24) is 19.5 Å². The minimum Gasteiger partial charge on any atom is -0.394 e. The van der Waals surface area contributed by atoms with Crippen LogP contribution < -0.4 is 5.73 Å². The number of anilines is 1. The number of carbonyl (C=O) groups is 2. The molecule has 3 unspecified atom stereocenters. The number of ether oxygens (including phenoxy) is 1. The third-order valence-corrected chi connectivity index (χ3v) is 12.5. The average molecular weight is 911 g/mol. The Morgan fingerprint density at radius 1 is 0.877 bits per heavy atom. The number of nitrogens with two attached hydrogens (primary N) is 1. The van der Waals surface area contributed by atoms with E-state index in [-0.39, 0.29) is 17.0 Å². The minimum atomic E-state index is -6.52. The van der Waals surface area contributed by atoms with E-state index in [1.165, 1.54) is 0 Å². The number of nitrogen functional groups attached to an aromatic ring is 1. The van der Waals surface area contributed by atoms with E-state index in [9.17, 15) is 88.3 Å². The van der Waals surface area contributed by atoms with Gasteiger partial charge in [-0.15, -0.1) is 0 Å². The number of fused-ring (bicyclic) bond motifs is 1. The Morgan fingerprint density at radius 3 is 2.07 bits per heavy atom. The molecule has 1 saturated heterocycles. The molecule has 0 bridgehead atoms. The van der Waals surface area contributed by atoms with Gasteiger partial charge in [-0.1, -0.05) is 0 Å². The molecular weight excluding hydrogens is 874 g/mol. The fourth-order valence-electron chi connectivity index (χ4n) is 4.54. The number of hydrogen-bond acceptors (Lipinski definition) is 26. The van der Waals surface area contributed by atoms with Crippen molar-refractivity contribution in [2.24, 2.45) is 0 Å². The zero-order valence-electron chi connectivity index (χ0n) is 28.2. The summed E-state index contributed by atoms with van der Waals surface area (Å²) in [4.78, 5) is 74.6. The van der Waals surface area contributed by atoms with Crippen LogP contribution in [0.5, 0.6) is 0 Å². The van der Waals surface area contributed by atoms with Gasteiger partial charge in [-0.3, -0.25) is 27.5 Å². The number of nitrogens with zero attached hydrogens (tertiary/aromatic N) is 4. The average Bonchev–Trinajstić information content (AvgIpc) is 3.68. The standard InChI is InChI=1S/C22H37N5O26P4/c23-20-13-21(25-6-24-20)27(7-26-13)22-18(38)17(37)12(49-22)5-48-57(46,50-11(3-30)19(51-54(39,40)41)16(36)9(32)2-29)53-56(44,45)52-55(42,43)47-4-10(33)15(35)14(34)8(31)1-28/h3,6-9,11-12,14-19,22,28-29,31-32,34-38H,1-2,4-5H2,(H,42,43)(H,44,45)(H2,23,24,25)(H2,39,40,41)/t8-,9+,11-,12+,14+,15+,16+,17+,18+,19+,22+,57?/m0/s1. The Kier molecular flexibility index (Phi) is 17.2. The van der Waals surface area contributed by atoms with Crippen molar-refractivity contribution in [1.29, 1.82) is 0 Å². The molecule has 1 fully saturated rings. The van der Waals surface area contributed by atoms with Gasteiger partial charge in [-0.2, -0.15) is 8.62 Å². The van der Waals surface area contributed by atoms with Gasteiger partial charge in [-0.05, 0) is 0 Å². The molecule has 0 radical (unpaired) electrons. The van der Waals surface area contributed by atoms with Crippen molar-refractivity contribution in [2.45, 2.75) is 67.3 Å². The smallest absolute Gasteiger partial charge is 0.394 e. The molecule has 0 aromatic carbocycles. The van der Waals surface area contributed by atoms with Crippen LogP contribution in [0.25, 0.3) is 11.2 Å². The summed E-state index contributed by atoms with van der Waals surface area (Å²) >= 11 is 0. The van der Waals surface area contributed by atoms with Crippen LogP contribution in [-0.4, -0.2) is 185 Å². The SMILES string of the molecule is Nc1ncnc2c1ncn2[C@@H]1O[C@H](COP(=O)(O[C@@H](C=O)[C@@H](OP(=O)(O)O)[C@H](O)[C@H](O)CO)OP(=O)(O)OP(=O)(O)OCC(=O)[C@@H](O)[C@H](O)[C@@H](O)CO)[C@@H](O)[C@H]1O. The highest BCUT2D eigenvalue weighted by Crippen LogP contribution is 2.70. The highest BCUT2D eigenvalue weighted by atomic mass is 31.3. The Morgan fingerprint density at radius 2 is 1.49 bits per heavy atom. The number of aliphatic hydroxyl groups is 9. The molecule has 14 atom stereocenters. The van der Waals surface area contributed by atoms with Crippen molar-refractivity contribution < 1.29 is 125 Å². The van der Waals surface area contributed by atoms with E-state index >= 15 is 0 Å². The lowest BCUT2D eigenvalue weighted by Gasteiger charge is -2.31. The predicted octanol–water partition coefficient (Wildman–Crippen LogP) is -6.18. The van der Waals surface area contributed by atoms with Crippen molar-refractivity contribution in [3.05, 3.63) is 12.7 Å².